The molecule has 0 unspecified atom stereocenters. The maximum Gasteiger partial charge on any atom is 0.416 e. The Hall–Kier alpha value is -4.87. The van der Waals surface area contributed by atoms with Crippen LogP contribution >= 0.6 is 0 Å². The molecule has 0 spiro atoms. The third-order valence-corrected chi connectivity index (χ3v) is 7.53. The van der Waals surface area contributed by atoms with Crippen LogP contribution in [0.15, 0.2) is 54.6 Å². The van der Waals surface area contributed by atoms with Crippen molar-refractivity contribution in [2.24, 2.45) is 5.73 Å². The quantitative estimate of drug-likeness (QED) is 0.221. The van der Waals surface area contributed by atoms with Crippen LogP contribution < -0.4 is 21.1 Å². The highest BCUT2D eigenvalue weighted by Crippen LogP contribution is 2.37. The fourth-order valence-electron chi connectivity index (χ4n) is 5.12. The van der Waals surface area contributed by atoms with Crippen molar-refractivity contribution in [2.45, 2.75) is 51.9 Å². The third-order valence-electron chi connectivity index (χ3n) is 7.53. The zero-order chi connectivity index (χ0) is 32.0. The monoisotopic (exact) mass is 609 g/mol. The number of primary amides is 1. The number of hydrogen-bond donors (Lipinski definition) is 3. The molecule has 4 N–H and O–H groups in total. The Bertz CT molecular complexity index is 1770. The number of rotatable bonds is 6. The molecule has 0 saturated carbocycles. The number of anilines is 2. The molecule has 0 radical (unpaired) electrons. The van der Waals surface area contributed by atoms with E-state index < -0.39 is 29.4 Å². The van der Waals surface area contributed by atoms with Gasteiger partial charge in [-0.2, -0.15) is 18.3 Å². The first-order valence-electron chi connectivity index (χ1n) is 13.8. The Morgan fingerprint density at radius 3 is 2.41 bits per heavy atom. The van der Waals surface area contributed by atoms with Crippen LogP contribution in [0.5, 0.6) is 5.75 Å². The summed E-state index contributed by atoms with van der Waals surface area (Å²) in [6, 6.07) is 12.8. The first-order valence-corrected chi connectivity index (χ1v) is 13.8. The van der Waals surface area contributed by atoms with Gasteiger partial charge in [-0.05, 0) is 64.9 Å². The van der Waals surface area contributed by atoms with Gasteiger partial charge in [-0.15, -0.1) is 0 Å². The maximum absolute atomic E-state index is 15.5. The van der Waals surface area contributed by atoms with Crippen molar-refractivity contribution in [3.8, 4) is 17.0 Å². The smallest absolute Gasteiger partial charge is 0.416 e. The van der Waals surface area contributed by atoms with Crippen molar-refractivity contribution < 1.29 is 31.9 Å². The summed E-state index contributed by atoms with van der Waals surface area (Å²) in [5.41, 5.74) is 7.89. The first kappa shape index (κ1) is 30.6. The second-order valence-electron chi connectivity index (χ2n) is 11.6. The van der Waals surface area contributed by atoms with Crippen molar-refractivity contribution in [1.82, 2.24) is 15.1 Å². The van der Waals surface area contributed by atoms with E-state index in [0.717, 1.165) is 29.4 Å². The van der Waals surface area contributed by atoms with Gasteiger partial charge in [0, 0.05) is 24.3 Å². The maximum atomic E-state index is 15.5. The van der Waals surface area contributed by atoms with Crippen LogP contribution in [0.3, 0.4) is 0 Å². The Morgan fingerprint density at radius 1 is 1.05 bits per heavy atom. The molecular formula is C32H31F4N5O3. The molecular weight excluding hydrogens is 578 g/mol. The molecule has 0 aliphatic carbocycles. The van der Waals surface area contributed by atoms with E-state index in [1.165, 1.54) is 24.8 Å². The van der Waals surface area contributed by atoms with Gasteiger partial charge in [0.25, 0.3) is 11.8 Å². The molecule has 0 bridgehead atoms. The summed E-state index contributed by atoms with van der Waals surface area (Å²) >= 11 is 0. The molecule has 44 heavy (non-hydrogen) atoms. The summed E-state index contributed by atoms with van der Waals surface area (Å²) in [6.45, 7) is 6.62. The lowest BCUT2D eigenvalue weighted by Gasteiger charge is -2.21. The number of carbonyl (C=O) groups excluding carboxylic acids is 2. The van der Waals surface area contributed by atoms with Crippen LogP contribution in [0.2, 0.25) is 0 Å². The summed E-state index contributed by atoms with van der Waals surface area (Å²) in [6.07, 6.45) is -4.03. The van der Waals surface area contributed by atoms with E-state index in [4.69, 9.17) is 10.5 Å². The zero-order valence-corrected chi connectivity index (χ0v) is 24.5. The summed E-state index contributed by atoms with van der Waals surface area (Å²) in [7, 11) is 1.24. The molecule has 4 aromatic rings. The minimum Gasteiger partial charge on any atom is -0.496 e. The van der Waals surface area contributed by atoms with E-state index >= 15 is 4.39 Å². The minimum absolute atomic E-state index is 0.0269. The van der Waals surface area contributed by atoms with E-state index in [1.807, 2.05) is 12.1 Å². The second kappa shape index (κ2) is 11.3. The second-order valence-corrected chi connectivity index (χ2v) is 11.6. The molecule has 5 rings (SSSR count). The van der Waals surface area contributed by atoms with Crippen molar-refractivity contribution in [1.29, 1.82) is 0 Å². The van der Waals surface area contributed by atoms with Gasteiger partial charge in [0.1, 0.15) is 28.6 Å². The van der Waals surface area contributed by atoms with Gasteiger partial charge in [-0.1, -0.05) is 39.0 Å². The lowest BCUT2D eigenvalue weighted by atomic mass is 9.85. The van der Waals surface area contributed by atoms with Gasteiger partial charge in [-0.3, -0.25) is 9.59 Å². The van der Waals surface area contributed by atoms with E-state index in [2.05, 4.69) is 42.6 Å². The number of hydrogen-bond acceptors (Lipinski definition) is 5. The molecule has 1 aliphatic rings. The van der Waals surface area contributed by atoms with Crippen LogP contribution in [-0.4, -0.2) is 28.7 Å². The number of nitrogens with zero attached hydrogens (tertiary/aromatic N) is 2. The van der Waals surface area contributed by atoms with Crippen LogP contribution in [0.1, 0.15) is 63.7 Å². The van der Waals surface area contributed by atoms with Crippen LogP contribution in [0.4, 0.5) is 29.1 Å². The number of alkyl halides is 3. The number of aryl methyl sites for hydroxylation is 2. The topological polar surface area (TPSA) is 111 Å². The number of carbonyl (C=O) groups is 2. The average molecular weight is 610 g/mol. The van der Waals surface area contributed by atoms with Gasteiger partial charge in [0.05, 0.1) is 18.2 Å². The number of benzene rings is 3. The van der Waals surface area contributed by atoms with Crippen molar-refractivity contribution >= 4 is 23.3 Å². The van der Waals surface area contributed by atoms with Crippen LogP contribution in [0.25, 0.3) is 11.3 Å². The predicted octanol–water partition coefficient (Wildman–Crippen LogP) is 6.34. The van der Waals surface area contributed by atoms with Gasteiger partial charge < -0.3 is 21.1 Å². The number of aromatic nitrogens is 2. The van der Waals surface area contributed by atoms with E-state index in [-0.39, 0.29) is 40.1 Å². The minimum atomic E-state index is -4.65. The fraction of sp³-hybridized carbons (Fsp3) is 0.281. The number of nitrogens with two attached hydrogens (primary N) is 1. The highest BCUT2D eigenvalue weighted by molar-refractivity contribution is 6.04. The Labute approximate surface area is 251 Å². The summed E-state index contributed by atoms with van der Waals surface area (Å²) < 4.78 is 61.7. The third kappa shape index (κ3) is 5.97. The molecule has 0 saturated heterocycles. The van der Waals surface area contributed by atoms with Gasteiger partial charge >= 0.3 is 6.18 Å². The summed E-state index contributed by atoms with van der Waals surface area (Å²) in [5.74, 6) is -2.01. The van der Waals surface area contributed by atoms with Crippen molar-refractivity contribution in [3.63, 3.8) is 0 Å². The number of methoxy groups -OCH3 is 1. The molecule has 8 nitrogen and oxygen atoms in total. The van der Waals surface area contributed by atoms with E-state index in [0.29, 0.717) is 30.4 Å². The van der Waals surface area contributed by atoms with Crippen LogP contribution in [0, 0.1) is 5.82 Å². The molecule has 0 fully saturated rings. The Balaban J connectivity index is 1.40. The van der Waals surface area contributed by atoms with Gasteiger partial charge in [0.2, 0.25) is 0 Å². The predicted molar refractivity (Wildman–Crippen MR) is 157 cm³/mol. The number of fused-ring (bicyclic) bond motifs is 2. The zero-order valence-electron chi connectivity index (χ0n) is 24.5. The van der Waals surface area contributed by atoms with Crippen molar-refractivity contribution in [3.05, 3.63) is 93.8 Å². The molecule has 3 aromatic carbocycles. The van der Waals surface area contributed by atoms with Crippen molar-refractivity contribution in [2.75, 3.05) is 12.4 Å². The lowest BCUT2D eigenvalue weighted by Crippen LogP contribution is -2.24. The molecule has 2 amide bonds. The normalized spacial score (nSPS) is 12.9. The average Bonchev–Trinajstić information content (AvgIpc) is 3.21. The number of halogens is 4. The highest BCUT2D eigenvalue weighted by Gasteiger charge is 2.32. The molecule has 1 aromatic heterocycles. The SMILES string of the molecule is COc1ccc(C(F)(F)F)cc1C(=O)NCc1ccc(-c2nn3c(c2C(N)=O)Nc2ccc(C(C)(C)C)cc2CC3)c(F)c1. The molecule has 12 heteroatoms. The highest BCUT2D eigenvalue weighted by atomic mass is 19.4. The van der Waals surface area contributed by atoms with Crippen LogP contribution in [-0.2, 0) is 31.1 Å². The molecule has 230 valence electrons. The van der Waals surface area contributed by atoms with Gasteiger partial charge in [-0.25, -0.2) is 9.07 Å². The number of nitrogens with one attached hydrogen (secondary N) is 2. The summed E-state index contributed by atoms with van der Waals surface area (Å²) in [4.78, 5) is 25.4. The molecule has 0 atom stereocenters. The summed E-state index contributed by atoms with van der Waals surface area (Å²) in [5, 5.41) is 10.3. The van der Waals surface area contributed by atoms with E-state index in [9.17, 15) is 22.8 Å². The standard InChI is InChI=1S/C32H31F4N5O3/c1-31(2,3)19-6-9-24-18(14-19)11-12-41-29(39-24)26(28(37)42)27(40-41)21-8-5-17(13-23(21)33)16-38-30(43)22-15-20(32(34,35)36)7-10-25(22)44-4/h5-10,13-15,39H,11-12,16H2,1-4H3,(H2,37,42)(H,38,43). The number of ether oxygens (including phenoxy) is 1. The lowest BCUT2D eigenvalue weighted by molar-refractivity contribution is -0.137. The molecule has 1 aliphatic heterocycles. The number of amides is 2. The Kier molecular flexibility index (Phi) is 7.87. The Morgan fingerprint density at radius 2 is 1.77 bits per heavy atom. The molecule has 2 heterocycles. The van der Waals surface area contributed by atoms with Gasteiger partial charge in [0.15, 0.2) is 0 Å². The van der Waals surface area contributed by atoms with E-state index in [1.54, 1.807) is 4.68 Å². The first-order chi connectivity index (χ1) is 20.7. The largest absolute Gasteiger partial charge is 0.496 e. The fourth-order valence-corrected chi connectivity index (χ4v) is 5.12.